The fourth-order valence-electron chi connectivity index (χ4n) is 2.87. The third kappa shape index (κ3) is 6.95. The molecule has 0 saturated carbocycles. The number of rotatable bonds is 11. The van der Waals surface area contributed by atoms with Crippen molar-refractivity contribution >= 4 is 27.3 Å². The summed E-state index contributed by atoms with van der Waals surface area (Å²) in [5.74, 6) is 0.364. The first kappa shape index (κ1) is 23.5. The summed E-state index contributed by atoms with van der Waals surface area (Å²) >= 11 is 0. The summed E-state index contributed by atoms with van der Waals surface area (Å²) in [6, 6.07) is 16.7. The molecular formula is C22H31N3O4S. The van der Waals surface area contributed by atoms with Gasteiger partial charge in [-0.05, 0) is 49.2 Å². The van der Waals surface area contributed by atoms with Gasteiger partial charge in [0.15, 0.2) is 6.10 Å². The number of ether oxygens (including phenoxy) is 1. The van der Waals surface area contributed by atoms with Gasteiger partial charge in [-0.3, -0.25) is 9.10 Å². The predicted molar refractivity (Wildman–Crippen MR) is 122 cm³/mol. The second kappa shape index (κ2) is 10.9. The SMILES string of the molecule is CC[C@@H](Oc1ccc(N(C)S(C)(=O)=O)cc1)C(=O)NCCCN(C)c1ccccc1. The van der Waals surface area contributed by atoms with Crippen LogP contribution in [-0.2, 0) is 14.8 Å². The molecule has 0 spiro atoms. The Labute approximate surface area is 179 Å². The van der Waals surface area contributed by atoms with E-state index >= 15 is 0 Å². The number of hydrogen-bond acceptors (Lipinski definition) is 5. The van der Waals surface area contributed by atoms with E-state index in [9.17, 15) is 13.2 Å². The summed E-state index contributed by atoms with van der Waals surface area (Å²) in [5, 5.41) is 2.93. The molecule has 30 heavy (non-hydrogen) atoms. The van der Waals surface area contributed by atoms with Gasteiger partial charge in [-0.15, -0.1) is 0 Å². The molecule has 0 aromatic heterocycles. The van der Waals surface area contributed by atoms with E-state index in [4.69, 9.17) is 4.74 Å². The lowest BCUT2D eigenvalue weighted by Gasteiger charge is -2.21. The van der Waals surface area contributed by atoms with Crippen molar-refractivity contribution in [3.63, 3.8) is 0 Å². The summed E-state index contributed by atoms with van der Waals surface area (Å²) in [6.07, 6.45) is 1.89. The standard InChI is InChI=1S/C22H31N3O4S/c1-5-21(29-20-14-12-19(13-15-20)25(3)30(4,27)28)22(26)23-16-9-17-24(2)18-10-7-6-8-11-18/h6-8,10-15,21H,5,9,16-17H2,1-4H3,(H,23,26)/t21-/m1/s1. The highest BCUT2D eigenvalue weighted by Crippen LogP contribution is 2.21. The molecule has 1 amide bonds. The van der Waals surface area contributed by atoms with Crippen molar-refractivity contribution in [1.29, 1.82) is 0 Å². The second-order valence-electron chi connectivity index (χ2n) is 7.14. The molecule has 8 heteroatoms. The van der Waals surface area contributed by atoms with Gasteiger partial charge in [0.25, 0.3) is 5.91 Å². The Bertz CT molecular complexity index is 902. The average Bonchev–Trinajstić information content (AvgIpc) is 2.74. The van der Waals surface area contributed by atoms with Crippen LogP contribution in [0.5, 0.6) is 5.75 Å². The molecule has 164 valence electrons. The number of para-hydroxylation sites is 1. The normalized spacial score (nSPS) is 12.1. The number of nitrogens with zero attached hydrogens (tertiary/aromatic N) is 2. The monoisotopic (exact) mass is 433 g/mol. The number of nitrogens with one attached hydrogen (secondary N) is 1. The first-order valence-corrected chi connectivity index (χ1v) is 11.8. The molecule has 0 fully saturated rings. The molecular weight excluding hydrogens is 402 g/mol. The summed E-state index contributed by atoms with van der Waals surface area (Å²) in [7, 11) is 0.195. The fraction of sp³-hybridized carbons (Fsp3) is 0.409. The molecule has 2 aromatic rings. The number of carbonyl (C=O) groups is 1. The molecule has 2 aromatic carbocycles. The third-order valence-electron chi connectivity index (χ3n) is 4.81. The van der Waals surface area contributed by atoms with Crippen LogP contribution in [0.15, 0.2) is 54.6 Å². The number of benzene rings is 2. The maximum Gasteiger partial charge on any atom is 0.261 e. The lowest BCUT2D eigenvalue weighted by atomic mass is 10.2. The highest BCUT2D eigenvalue weighted by molar-refractivity contribution is 7.92. The molecule has 0 heterocycles. The van der Waals surface area contributed by atoms with Crippen LogP contribution in [0, 0.1) is 0 Å². The third-order valence-corrected chi connectivity index (χ3v) is 6.01. The van der Waals surface area contributed by atoms with E-state index < -0.39 is 16.1 Å². The van der Waals surface area contributed by atoms with Crippen LogP contribution in [0.3, 0.4) is 0 Å². The maximum absolute atomic E-state index is 12.5. The maximum atomic E-state index is 12.5. The molecule has 1 N–H and O–H groups in total. The smallest absolute Gasteiger partial charge is 0.261 e. The van der Waals surface area contributed by atoms with Gasteiger partial charge in [0.1, 0.15) is 5.75 Å². The van der Waals surface area contributed by atoms with E-state index in [-0.39, 0.29) is 5.91 Å². The summed E-state index contributed by atoms with van der Waals surface area (Å²) in [6.45, 7) is 3.28. The van der Waals surface area contributed by atoms with Crippen molar-refractivity contribution in [3.8, 4) is 5.75 Å². The molecule has 7 nitrogen and oxygen atoms in total. The van der Waals surface area contributed by atoms with Gasteiger partial charge in [0.05, 0.1) is 11.9 Å². The number of sulfonamides is 1. The number of hydrogen-bond donors (Lipinski definition) is 1. The van der Waals surface area contributed by atoms with Crippen LogP contribution in [-0.4, -0.2) is 53.9 Å². The van der Waals surface area contributed by atoms with Crippen LogP contribution >= 0.6 is 0 Å². The van der Waals surface area contributed by atoms with Gasteiger partial charge in [0.2, 0.25) is 10.0 Å². The van der Waals surface area contributed by atoms with Gasteiger partial charge < -0.3 is 15.0 Å². The van der Waals surface area contributed by atoms with Gasteiger partial charge in [-0.1, -0.05) is 25.1 Å². The zero-order valence-electron chi connectivity index (χ0n) is 18.0. The lowest BCUT2D eigenvalue weighted by Crippen LogP contribution is -2.39. The topological polar surface area (TPSA) is 78.9 Å². The van der Waals surface area contributed by atoms with E-state index in [0.717, 1.165) is 24.9 Å². The Balaban J connectivity index is 1.81. The van der Waals surface area contributed by atoms with Crippen LogP contribution < -0.4 is 19.3 Å². The molecule has 0 aliphatic rings. The average molecular weight is 434 g/mol. The van der Waals surface area contributed by atoms with Gasteiger partial charge >= 0.3 is 0 Å². The van der Waals surface area contributed by atoms with E-state index in [2.05, 4.69) is 22.3 Å². The van der Waals surface area contributed by atoms with Crippen LogP contribution in [0.25, 0.3) is 0 Å². The van der Waals surface area contributed by atoms with E-state index in [1.54, 1.807) is 24.3 Å². The minimum Gasteiger partial charge on any atom is -0.481 e. The molecule has 0 unspecified atom stereocenters. The number of carbonyl (C=O) groups excluding carboxylic acids is 1. The molecule has 0 aliphatic heterocycles. The molecule has 0 aliphatic carbocycles. The number of amides is 1. The molecule has 0 saturated heterocycles. The Morgan fingerprint density at radius 3 is 2.23 bits per heavy atom. The molecule has 0 bridgehead atoms. The largest absolute Gasteiger partial charge is 0.481 e. The Morgan fingerprint density at radius 2 is 1.67 bits per heavy atom. The second-order valence-corrected chi connectivity index (χ2v) is 9.15. The van der Waals surface area contributed by atoms with E-state index in [0.29, 0.717) is 24.4 Å². The predicted octanol–water partition coefficient (Wildman–Crippen LogP) is 2.88. The van der Waals surface area contributed by atoms with Gasteiger partial charge in [-0.2, -0.15) is 0 Å². The molecule has 1 atom stereocenters. The Morgan fingerprint density at radius 1 is 1.03 bits per heavy atom. The fourth-order valence-corrected chi connectivity index (χ4v) is 3.37. The van der Waals surface area contributed by atoms with Crippen LogP contribution in [0.4, 0.5) is 11.4 Å². The summed E-state index contributed by atoms with van der Waals surface area (Å²) in [5.41, 5.74) is 1.67. The van der Waals surface area contributed by atoms with E-state index in [1.165, 1.54) is 11.4 Å². The van der Waals surface area contributed by atoms with Crippen molar-refractivity contribution in [2.45, 2.75) is 25.9 Å². The highest BCUT2D eigenvalue weighted by Gasteiger charge is 2.18. The van der Waals surface area contributed by atoms with E-state index in [1.807, 2.05) is 32.2 Å². The summed E-state index contributed by atoms with van der Waals surface area (Å²) in [4.78, 5) is 14.6. The Kier molecular flexibility index (Phi) is 8.53. The summed E-state index contributed by atoms with van der Waals surface area (Å²) < 4.78 is 30.2. The first-order chi connectivity index (χ1) is 14.2. The van der Waals surface area contributed by atoms with Crippen molar-refractivity contribution < 1.29 is 17.9 Å². The zero-order chi connectivity index (χ0) is 22.1. The van der Waals surface area contributed by atoms with Crippen LogP contribution in [0.1, 0.15) is 19.8 Å². The highest BCUT2D eigenvalue weighted by atomic mass is 32.2. The molecule has 2 rings (SSSR count). The first-order valence-electron chi connectivity index (χ1n) is 9.97. The zero-order valence-corrected chi connectivity index (χ0v) is 18.9. The minimum atomic E-state index is -3.32. The van der Waals surface area contributed by atoms with Crippen molar-refractivity contribution in [3.05, 3.63) is 54.6 Å². The quantitative estimate of drug-likeness (QED) is 0.551. The Hall–Kier alpha value is -2.74. The van der Waals surface area contributed by atoms with Crippen LogP contribution in [0.2, 0.25) is 0 Å². The minimum absolute atomic E-state index is 0.155. The van der Waals surface area contributed by atoms with Gasteiger partial charge in [-0.25, -0.2) is 8.42 Å². The van der Waals surface area contributed by atoms with Gasteiger partial charge in [0, 0.05) is 32.9 Å². The van der Waals surface area contributed by atoms with Crippen molar-refractivity contribution in [2.75, 3.05) is 42.6 Å². The van der Waals surface area contributed by atoms with Crippen molar-refractivity contribution in [2.24, 2.45) is 0 Å². The number of anilines is 2. The lowest BCUT2D eigenvalue weighted by molar-refractivity contribution is -0.128. The van der Waals surface area contributed by atoms with Crippen molar-refractivity contribution in [1.82, 2.24) is 5.32 Å². The molecule has 0 radical (unpaired) electrons.